The summed E-state index contributed by atoms with van der Waals surface area (Å²) < 4.78 is 11.0. The molecule has 0 spiro atoms. The lowest BCUT2D eigenvalue weighted by Gasteiger charge is -2.25. The number of benzene rings is 1. The Hall–Kier alpha value is -2.18. The Bertz CT molecular complexity index is 639. The lowest BCUT2D eigenvalue weighted by Crippen LogP contribution is -2.30. The minimum absolute atomic E-state index is 0.0619. The lowest BCUT2D eigenvalue weighted by atomic mass is 9.89. The summed E-state index contributed by atoms with van der Waals surface area (Å²) in [5, 5.41) is 3.65. The smallest absolute Gasteiger partial charge is 0.287 e. The molecule has 3 rings (SSSR count). The highest BCUT2D eigenvalue weighted by molar-refractivity contribution is 5.91. The summed E-state index contributed by atoms with van der Waals surface area (Å²) in [6.07, 6.45) is 3.26. The maximum atomic E-state index is 11.3. The first-order valence-electron chi connectivity index (χ1n) is 6.94. The van der Waals surface area contributed by atoms with Crippen molar-refractivity contribution < 1.29 is 14.1 Å². The first-order chi connectivity index (χ1) is 10.3. The maximum Gasteiger partial charge on any atom is 0.287 e. The zero-order chi connectivity index (χ0) is 14.7. The zero-order valence-corrected chi connectivity index (χ0v) is 11.5. The van der Waals surface area contributed by atoms with Gasteiger partial charge in [-0.3, -0.25) is 10.2 Å². The summed E-state index contributed by atoms with van der Waals surface area (Å²) in [7, 11) is 0. The third-order valence-corrected chi connectivity index (χ3v) is 3.66. The molecule has 21 heavy (non-hydrogen) atoms. The molecule has 0 bridgehead atoms. The van der Waals surface area contributed by atoms with E-state index in [1.807, 2.05) is 11.5 Å². The van der Waals surface area contributed by atoms with Gasteiger partial charge in [0.1, 0.15) is 6.61 Å². The topological polar surface area (TPSA) is 90.4 Å². The summed E-state index contributed by atoms with van der Waals surface area (Å²) in [6.45, 7) is 0.282. The van der Waals surface area contributed by atoms with Crippen LogP contribution in [0.25, 0.3) is 0 Å². The fourth-order valence-electron chi connectivity index (χ4n) is 2.63. The fourth-order valence-corrected chi connectivity index (χ4v) is 2.63. The quantitative estimate of drug-likeness (QED) is 0.509. The van der Waals surface area contributed by atoms with Gasteiger partial charge in [-0.1, -0.05) is 29.4 Å². The van der Waals surface area contributed by atoms with Crippen LogP contribution in [0, 0.1) is 0 Å². The van der Waals surface area contributed by atoms with Crippen LogP contribution in [0.1, 0.15) is 46.3 Å². The number of hydrazine groups is 1. The molecule has 1 heterocycles. The monoisotopic (exact) mass is 287 g/mol. The SMILES string of the molecule is NNC(=O)c1cc(COC2CCCc3ccccc32)on1. The van der Waals surface area contributed by atoms with Crippen LogP contribution in [-0.4, -0.2) is 11.1 Å². The number of ether oxygens (including phenoxy) is 1. The van der Waals surface area contributed by atoms with Crippen LogP contribution in [0.15, 0.2) is 34.9 Å². The van der Waals surface area contributed by atoms with Crippen molar-refractivity contribution in [3.05, 3.63) is 52.9 Å². The number of carbonyl (C=O) groups is 1. The van der Waals surface area contributed by atoms with E-state index in [9.17, 15) is 4.79 Å². The van der Waals surface area contributed by atoms with Gasteiger partial charge < -0.3 is 9.26 Å². The molecule has 0 radical (unpaired) electrons. The number of aromatic nitrogens is 1. The van der Waals surface area contributed by atoms with Gasteiger partial charge in [-0.25, -0.2) is 5.84 Å². The summed E-state index contributed by atoms with van der Waals surface area (Å²) in [6, 6.07) is 9.86. The Morgan fingerprint density at radius 1 is 1.48 bits per heavy atom. The van der Waals surface area contributed by atoms with Crippen LogP contribution >= 0.6 is 0 Å². The number of aryl methyl sites for hydroxylation is 1. The molecule has 0 aliphatic heterocycles. The number of hydrogen-bond donors (Lipinski definition) is 2. The van der Waals surface area contributed by atoms with Gasteiger partial charge in [0.25, 0.3) is 5.91 Å². The molecule has 0 saturated carbocycles. The Balaban J connectivity index is 1.66. The molecule has 1 aliphatic carbocycles. The average molecular weight is 287 g/mol. The number of carbonyl (C=O) groups excluding carboxylic acids is 1. The molecular weight excluding hydrogens is 270 g/mol. The molecule has 6 nitrogen and oxygen atoms in total. The summed E-state index contributed by atoms with van der Waals surface area (Å²) in [4.78, 5) is 11.3. The van der Waals surface area contributed by atoms with E-state index in [0.29, 0.717) is 5.76 Å². The summed E-state index contributed by atoms with van der Waals surface area (Å²) >= 11 is 0. The molecule has 1 aromatic heterocycles. The van der Waals surface area contributed by atoms with E-state index < -0.39 is 5.91 Å². The number of nitrogens with zero attached hydrogens (tertiary/aromatic N) is 1. The van der Waals surface area contributed by atoms with Crippen LogP contribution in [-0.2, 0) is 17.8 Å². The molecule has 0 fully saturated rings. The number of nitrogens with two attached hydrogens (primary N) is 1. The van der Waals surface area contributed by atoms with E-state index in [-0.39, 0.29) is 18.4 Å². The van der Waals surface area contributed by atoms with E-state index >= 15 is 0 Å². The average Bonchev–Trinajstić information content (AvgIpc) is 3.01. The van der Waals surface area contributed by atoms with Gasteiger partial charge in [-0.05, 0) is 30.4 Å². The van der Waals surface area contributed by atoms with Crippen LogP contribution in [0.3, 0.4) is 0 Å². The summed E-state index contributed by atoms with van der Waals surface area (Å²) in [5.41, 5.74) is 4.74. The van der Waals surface area contributed by atoms with Gasteiger partial charge in [-0.2, -0.15) is 0 Å². The standard InChI is InChI=1S/C15H17N3O3/c16-17-15(19)13-8-11(21-18-13)9-20-14-7-3-5-10-4-1-2-6-12(10)14/h1-2,4,6,8,14H,3,5,7,9,16H2,(H,17,19). The van der Waals surface area contributed by atoms with E-state index in [1.54, 1.807) is 0 Å². The maximum absolute atomic E-state index is 11.3. The second-order valence-corrected chi connectivity index (χ2v) is 5.04. The van der Waals surface area contributed by atoms with Crippen LogP contribution in [0.5, 0.6) is 0 Å². The largest absolute Gasteiger partial charge is 0.365 e. The van der Waals surface area contributed by atoms with E-state index in [1.165, 1.54) is 17.2 Å². The Labute approximate surface area is 122 Å². The van der Waals surface area contributed by atoms with Gasteiger partial charge in [0.2, 0.25) is 0 Å². The molecule has 6 heteroatoms. The molecule has 1 amide bonds. The first-order valence-corrected chi connectivity index (χ1v) is 6.94. The van der Waals surface area contributed by atoms with Crippen molar-refractivity contribution >= 4 is 5.91 Å². The molecule has 1 aromatic carbocycles. The molecule has 1 aliphatic rings. The van der Waals surface area contributed by atoms with Crippen molar-refractivity contribution in [1.82, 2.24) is 10.6 Å². The summed E-state index contributed by atoms with van der Waals surface area (Å²) in [5.74, 6) is 5.08. The molecular formula is C15H17N3O3. The van der Waals surface area contributed by atoms with Crippen molar-refractivity contribution in [3.8, 4) is 0 Å². The van der Waals surface area contributed by atoms with Crippen LogP contribution in [0.2, 0.25) is 0 Å². The molecule has 110 valence electrons. The third kappa shape index (κ3) is 2.96. The van der Waals surface area contributed by atoms with E-state index in [0.717, 1.165) is 19.3 Å². The van der Waals surface area contributed by atoms with Crippen molar-refractivity contribution in [1.29, 1.82) is 0 Å². The van der Waals surface area contributed by atoms with Crippen molar-refractivity contribution in [3.63, 3.8) is 0 Å². The lowest BCUT2D eigenvalue weighted by molar-refractivity contribution is 0.0168. The van der Waals surface area contributed by atoms with Crippen molar-refractivity contribution in [2.45, 2.75) is 32.0 Å². The Morgan fingerprint density at radius 3 is 3.19 bits per heavy atom. The normalized spacial score (nSPS) is 17.3. The molecule has 1 unspecified atom stereocenters. The Morgan fingerprint density at radius 2 is 2.33 bits per heavy atom. The van der Waals surface area contributed by atoms with E-state index in [2.05, 4.69) is 23.4 Å². The number of nitrogen functional groups attached to an aromatic ring is 1. The van der Waals surface area contributed by atoms with Crippen LogP contribution in [0.4, 0.5) is 0 Å². The number of nitrogens with one attached hydrogen (secondary N) is 1. The third-order valence-electron chi connectivity index (χ3n) is 3.66. The highest BCUT2D eigenvalue weighted by Gasteiger charge is 2.21. The highest BCUT2D eigenvalue weighted by Crippen LogP contribution is 2.32. The minimum Gasteiger partial charge on any atom is -0.365 e. The first kappa shape index (κ1) is 13.8. The number of amides is 1. The molecule has 0 saturated heterocycles. The predicted octanol–water partition coefficient (Wildman–Crippen LogP) is 1.87. The van der Waals surface area contributed by atoms with Crippen molar-refractivity contribution in [2.75, 3.05) is 0 Å². The van der Waals surface area contributed by atoms with Gasteiger partial charge in [0, 0.05) is 6.07 Å². The number of hydrogen-bond acceptors (Lipinski definition) is 5. The van der Waals surface area contributed by atoms with Gasteiger partial charge in [0.05, 0.1) is 6.10 Å². The van der Waals surface area contributed by atoms with E-state index in [4.69, 9.17) is 15.1 Å². The molecule has 1 atom stereocenters. The molecule has 3 N–H and O–H groups in total. The molecule has 2 aromatic rings. The van der Waals surface area contributed by atoms with Gasteiger partial charge >= 0.3 is 0 Å². The second kappa shape index (κ2) is 6.07. The number of rotatable bonds is 4. The Kier molecular flexibility index (Phi) is 3.98. The second-order valence-electron chi connectivity index (χ2n) is 5.04. The highest BCUT2D eigenvalue weighted by atomic mass is 16.5. The van der Waals surface area contributed by atoms with Gasteiger partial charge in [-0.15, -0.1) is 0 Å². The predicted molar refractivity (Wildman–Crippen MR) is 75.1 cm³/mol. The fraction of sp³-hybridized carbons (Fsp3) is 0.333. The van der Waals surface area contributed by atoms with Crippen molar-refractivity contribution in [2.24, 2.45) is 5.84 Å². The van der Waals surface area contributed by atoms with Crippen LogP contribution < -0.4 is 11.3 Å². The minimum atomic E-state index is -0.479. The number of fused-ring (bicyclic) bond motifs is 1. The van der Waals surface area contributed by atoms with Gasteiger partial charge in [0.15, 0.2) is 11.5 Å². The zero-order valence-electron chi connectivity index (χ0n) is 11.5.